The number of amidine groups is 1. The first-order valence-corrected chi connectivity index (χ1v) is 6.31. The average Bonchev–Trinajstić information content (AvgIpc) is 2.86. The predicted molar refractivity (Wildman–Crippen MR) is 65.2 cm³/mol. The lowest BCUT2D eigenvalue weighted by molar-refractivity contribution is 0.0949. The lowest BCUT2D eigenvalue weighted by Crippen LogP contribution is -2.26. The molecule has 0 bridgehead atoms. The van der Waals surface area contributed by atoms with Crippen LogP contribution in [0.2, 0.25) is 0 Å². The number of carbonyl (C=O) groups excluding carboxylic acids is 1. The summed E-state index contributed by atoms with van der Waals surface area (Å²) in [5, 5.41) is 3.10. The maximum atomic E-state index is 11.7. The highest BCUT2D eigenvalue weighted by Crippen LogP contribution is 2.21. The van der Waals surface area contributed by atoms with Crippen LogP contribution in [0.1, 0.15) is 28.6 Å². The highest BCUT2D eigenvalue weighted by molar-refractivity contribution is 8.14. The van der Waals surface area contributed by atoms with Crippen molar-refractivity contribution in [3.05, 3.63) is 23.7 Å². The van der Waals surface area contributed by atoms with Crippen molar-refractivity contribution in [1.82, 2.24) is 5.32 Å². The van der Waals surface area contributed by atoms with Crippen molar-refractivity contribution in [2.45, 2.75) is 12.3 Å². The number of alkyl halides is 1. The summed E-state index contributed by atoms with van der Waals surface area (Å²) in [5.41, 5.74) is 0. The van der Waals surface area contributed by atoms with E-state index >= 15 is 0 Å². The molecule has 1 N–H and O–H groups in total. The van der Waals surface area contributed by atoms with Gasteiger partial charge in [0, 0.05) is 5.75 Å². The highest BCUT2D eigenvalue weighted by atomic mass is 35.5. The number of hydrogen-bond acceptors (Lipinski definition) is 4. The SMILES string of the molecule is CC(Cl)c1ccc(C(=O)NC2=NCCS2)o1. The minimum atomic E-state index is -0.281. The van der Waals surface area contributed by atoms with Gasteiger partial charge in [-0.25, -0.2) is 0 Å². The molecule has 0 fully saturated rings. The van der Waals surface area contributed by atoms with E-state index in [0.29, 0.717) is 10.9 Å². The number of carbonyl (C=O) groups is 1. The van der Waals surface area contributed by atoms with E-state index in [2.05, 4.69) is 10.3 Å². The van der Waals surface area contributed by atoms with Crippen LogP contribution in [-0.4, -0.2) is 23.4 Å². The third-order valence-corrected chi connectivity index (χ3v) is 3.15. The normalized spacial score (nSPS) is 17.0. The Balaban J connectivity index is 2.02. The fraction of sp³-hybridized carbons (Fsp3) is 0.400. The maximum absolute atomic E-state index is 11.7. The first kappa shape index (κ1) is 11.5. The van der Waals surface area contributed by atoms with Gasteiger partial charge in [0.1, 0.15) is 5.76 Å². The van der Waals surface area contributed by atoms with Crippen LogP contribution in [0.25, 0.3) is 0 Å². The third kappa shape index (κ3) is 2.59. The fourth-order valence-corrected chi connectivity index (χ4v) is 2.10. The maximum Gasteiger partial charge on any atom is 0.292 e. The highest BCUT2D eigenvalue weighted by Gasteiger charge is 2.16. The van der Waals surface area contributed by atoms with Crippen molar-refractivity contribution in [2.75, 3.05) is 12.3 Å². The van der Waals surface area contributed by atoms with Gasteiger partial charge in [-0.1, -0.05) is 11.8 Å². The number of furan rings is 1. The molecule has 0 saturated carbocycles. The predicted octanol–water partition coefficient (Wildman–Crippen LogP) is 2.41. The minimum absolute atomic E-state index is 0.236. The van der Waals surface area contributed by atoms with Crippen molar-refractivity contribution in [3.8, 4) is 0 Å². The molecule has 1 unspecified atom stereocenters. The van der Waals surface area contributed by atoms with Crippen LogP contribution in [-0.2, 0) is 0 Å². The molecule has 2 heterocycles. The number of amides is 1. The van der Waals surface area contributed by atoms with Gasteiger partial charge in [0.25, 0.3) is 5.91 Å². The van der Waals surface area contributed by atoms with E-state index in [1.54, 1.807) is 19.1 Å². The van der Waals surface area contributed by atoms with Crippen LogP contribution in [0.4, 0.5) is 0 Å². The van der Waals surface area contributed by atoms with Gasteiger partial charge in [-0.2, -0.15) is 0 Å². The average molecular weight is 259 g/mol. The molecule has 0 saturated heterocycles. The number of halogens is 1. The molecule has 0 aromatic carbocycles. The smallest absolute Gasteiger partial charge is 0.292 e. The number of nitrogens with zero attached hydrogens (tertiary/aromatic N) is 1. The van der Waals surface area contributed by atoms with E-state index in [1.165, 1.54) is 11.8 Å². The van der Waals surface area contributed by atoms with E-state index in [1.807, 2.05) is 0 Å². The van der Waals surface area contributed by atoms with Crippen molar-refractivity contribution < 1.29 is 9.21 Å². The second-order valence-electron chi connectivity index (χ2n) is 3.31. The molecule has 2 rings (SSSR count). The molecular weight excluding hydrogens is 248 g/mol. The molecule has 1 aromatic rings. The summed E-state index contributed by atoms with van der Waals surface area (Å²) in [6.07, 6.45) is 0. The fourth-order valence-electron chi connectivity index (χ4n) is 1.26. The van der Waals surface area contributed by atoms with Crippen LogP contribution in [0.5, 0.6) is 0 Å². The molecule has 1 amide bonds. The quantitative estimate of drug-likeness (QED) is 0.829. The summed E-state index contributed by atoms with van der Waals surface area (Å²) in [5.74, 6) is 1.49. The lowest BCUT2D eigenvalue weighted by Gasteiger charge is -2.01. The Hall–Kier alpha value is -0.940. The standard InChI is InChI=1S/C10H11ClN2O2S/c1-6(11)7-2-3-8(15-7)9(14)13-10-12-4-5-16-10/h2-3,6H,4-5H2,1H3,(H,12,13,14). The summed E-state index contributed by atoms with van der Waals surface area (Å²) in [7, 11) is 0. The van der Waals surface area contributed by atoms with Crippen LogP contribution in [0.15, 0.2) is 21.5 Å². The largest absolute Gasteiger partial charge is 0.454 e. The molecule has 0 radical (unpaired) electrons. The van der Waals surface area contributed by atoms with Crippen LogP contribution < -0.4 is 5.32 Å². The summed E-state index contributed by atoms with van der Waals surface area (Å²) in [6.45, 7) is 2.54. The Morgan fingerprint density at radius 2 is 2.50 bits per heavy atom. The summed E-state index contributed by atoms with van der Waals surface area (Å²) >= 11 is 7.37. The molecule has 1 aromatic heterocycles. The molecule has 0 spiro atoms. The minimum Gasteiger partial charge on any atom is -0.454 e. The van der Waals surface area contributed by atoms with E-state index in [4.69, 9.17) is 16.0 Å². The number of nitrogens with one attached hydrogen (secondary N) is 1. The second kappa shape index (κ2) is 4.93. The number of aliphatic imine (C=N–C) groups is 1. The molecular formula is C10H11ClN2O2S. The molecule has 86 valence electrons. The van der Waals surface area contributed by atoms with Gasteiger partial charge >= 0.3 is 0 Å². The first-order chi connectivity index (χ1) is 7.66. The zero-order valence-corrected chi connectivity index (χ0v) is 10.3. The monoisotopic (exact) mass is 258 g/mol. The molecule has 16 heavy (non-hydrogen) atoms. The van der Waals surface area contributed by atoms with E-state index < -0.39 is 0 Å². The van der Waals surface area contributed by atoms with E-state index in [0.717, 1.165) is 12.3 Å². The zero-order chi connectivity index (χ0) is 11.5. The molecule has 4 nitrogen and oxygen atoms in total. The van der Waals surface area contributed by atoms with Crippen LogP contribution in [0, 0.1) is 0 Å². The van der Waals surface area contributed by atoms with Gasteiger partial charge in [0.05, 0.1) is 11.9 Å². The molecule has 1 atom stereocenters. The van der Waals surface area contributed by atoms with Crippen molar-refractivity contribution in [3.63, 3.8) is 0 Å². The van der Waals surface area contributed by atoms with E-state index in [-0.39, 0.29) is 17.0 Å². The first-order valence-electron chi connectivity index (χ1n) is 4.89. The van der Waals surface area contributed by atoms with Gasteiger partial charge in [0.15, 0.2) is 10.9 Å². The van der Waals surface area contributed by atoms with Crippen molar-refractivity contribution in [2.24, 2.45) is 4.99 Å². The van der Waals surface area contributed by atoms with Gasteiger partial charge < -0.3 is 4.42 Å². The third-order valence-electron chi connectivity index (χ3n) is 2.05. The van der Waals surface area contributed by atoms with Gasteiger partial charge in [-0.15, -0.1) is 11.6 Å². The Kier molecular flexibility index (Phi) is 3.56. The number of thioether (sulfide) groups is 1. The Labute approximate surface area is 102 Å². The summed E-state index contributed by atoms with van der Waals surface area (Å²) in [4.78, 5) is 15.8. The van der Waals surface area contributed by atoms with Crippen molar-refractivity contribution in [1.29, 1.82) is 0 Å². The molecule has 1 aliphatic rings. The Morgan fingerprint density at radius 3 is 3.06 bits per heavy atom. The van der Waals surface area contributed by atoms with Crippen LogP contribution in [0.3, 0.4) is 0 Å². The zero-order valence-electron chi connectivity index (χ0n) is 8.70. The lowest BCUT2D eigenvalue weighted by atomic mass is 10.3. The molecule has 1 aliphatic heterocycles. The Bertz CT molecular complexity index is 428. The van der Waals surface area contributed by atoms with Crippen LogP contribution >= 0.6 is 23.4 Å². The summed E-state index contributed by atoms with van der Waals surface area (Å²) < 4.78 is 5.31. The van der Waals surface area contributed by atoms with Gasteiger partial charge in [0.2, 0.25) is 0 Å². The van der Waals surface area contributed by atoms with E-state index in [9.17, 15) is 4.79 Å². The topological polar surface area (TPSA) is 54.6 Å². The number of rotatable bonds is 2. The molecule has 6 heteroatoms. The van der Waals surface area contributed by atoms with Gasteiger partial charge in [-0.3, -0.25) is 15.1 Å². The Morgan fingerprint density at radius 1 is 1.69 bits per heavy atom. The number of hydrogen-bond donors (Lipinski definition) is 1. The summed E-state index contributed by atoms with van der Waals surface area (Å²) in [6, 6.07) is 3.32. The van der Waals surface area contributed by atoms with Crippen molar-refractivity contribution >= 4 is 34.4 Å². The van der Waals surface area contributed by atoms with Gasteiger partial charge in [-0.05, 0) is 19.1 Å². The molecule has 0 aliphatic carbocycles. The second-order valence-corrected chi connectivity index (χ2v) is 5.05.